The van der Waals surface area contributed by atoms with E-state index in [0.717, 1.165) is 0 Å². The lowest BCUT2D eigenvalue weighted by molar-refractivity contribution is -0.387. The van der Waals surface area contributed by atoms with Crippen molar-refractivity contribution in [2.75, 3.05) is 0 Å². The molecular weight excluding hydrogens is 362 g/mol. The number of hydrogen-bond acceptors (Lipinski definition) is 9. The van der Waals surface area contributed by atoms with Crippen molar-refractivity contribution in [3.63, 3.8) is 0 Å². The van der Waals surface area contributed by atoms with Crippen LogP contribution in [0.4, 0.5) is 5.69 Å². The van der Waals surface area contributed by atoms with Gasteiger partial charge >= 0.3 is 17.6 Å². The Morgan fingerprint density at radius 3 is 2.52 bits per heavy atom. The summed E-state index contributed by atoms with van der Waals surface area (Å²) < 4.78 is 21.7. The van der Waals surface area contributed by atoms with Crippen molar-refractivity contribution >= 4 is 17.6 Å². The van der Waals surface area contributed by atoms with E-state index >= 15 is 0 Å². The molecule has 0 radical (unpaired) electrons. The zero-order chi connectivity index (χ0) is 20.1. The number of esters is 2. The normalized spacial score (nSPS) is 24.7. The third kappa shape index (κ3) is 5.38. The second kappa shape index (κ2) is 8.78. The SMILES string of the molecule is CC(=O)OC1CC(C)OC(Oc2ccc(CO)cc2[N+](=O)[O-])[C@@H]1OC(C)=O. The van der Waals surface area contributed by atoms with Crippen molar-refractivity contribution in [2.24, 2.45) is 0 Å². The number of hydrogen-bond donors (Lipinski definition) is 1. The molecule has 0 aromatic heterocycles. The Balaban J connectivity index is 2.34. The lowest BCUT2D eigenvalue weighted by atomic mass is 10.0. The van der Waals surface area contributed by atoms with Gasteiger partial charge in [-0.3, -0.25) is 19.7 Å². The summed E-state index contributed by atoms with van der Waals surface area (Å²) in [5, 5.41) is 20.5. The van der Waals surface area contributed by atoms with Crippen LogP contribution in [0.3, 0.4) is 0 Å². The summed E-state index contributed by atoms with van der Waals surface area (Å²) >= 11 is 0. The average Bonchev–Trinajstić information content (AvgIpc) is 2.57. The van der Waals surface area contributed by atoms with E-state index in [2.05, 4.69) is 0 Å². The monoisotopic (exact) mass is 383 g/mol. The highest BCUT2D eigenvalue weighted by Crippen LogP contribution is 2.33. The molecule has 0 saturated carbocycles. The van der Waals surface area contributed by atoms with E-state index in [1.807, 2.05) is 0 Å². The minimum Gasteiger partial charge on any atom is -0.458 e. The molecule has 0 bridgehead atoms. The van der Waals surface area contributed by atoms with Crippen LogP contribution in [0.15, 0.2) is 18.2 Å². The summed E-state index contributed by atoms with van der Waals surface area (Å²) in [6, 6.07) is 3.95. The molecule has 3 unspecified atom stereocenters. The van der Waals surface area contributed by atoms with E-state index in [-0.39, 0.29) is 24.5 Å². The van der Waals surface area contributed by atoms with Crippen molar-refractivity contribution in [3.05, 3.63) is 33.9 Å². The first-order chi connectivity index (χ1) is 12.7. The van der Waals surface area contributed by atoms with Gasteiger partial charge in [-0.1, -0.05) is 6.07 Å². The highest BCUT2D eigenvalue weighted by Gasteiger charge is 2.44. The summed E-state index contributed by atoms with van der Waals surface area (Å²) in [4.78, 5) is 33.5. The van der Waals surface area contributed by atoms with E-state index in [0.29, 0.717) is 5.56 Å². The molecule has 1 aliphatic rings. The highest BCUT2D eigenvalue weighted by molar-refractivity contribution is 5.67. The summed E-state index contributed by atoms with van der Waals surface area (Å²) in [5.41, 5.74) is -0.0460. The Labute approximate surface area is 155 Å². The molecule has 4 atom stereocenters. The molecule has 148 valence electrons. The lowest BCUT2D eigenvalue weighted by Crippen LogP contribution is -2.53. The van der Waals surface area contributed by atoms with Crippen LogP contribution < -0.4 is 4.74 Å². The van der Waals surface area contributed by atoms with Crippen LogP contribution in [0.25, 0.3) is 0 Å². The number of aliphatic hydroxyl groups excluding tert-OH is 1. The molecular formula is C17H21NO9. The fourth-order valence-electron chi connectivity index (χ4n) is 2.77. The number of nitro groups is 1. The van der Waals surface area contributed by atoms with Gasteiger partial charge in [-0.05, 0) is 18.6 Å². The maximum Gasteiger partial charge on any atom is 0.311 e. The first-order valence-electron chi connectivity index (χ1n) is 8.26. The van der Waals surface area contributed by atoms with Gasteiger partial charge in [0, 0.05) is 26.3 Å². The van der Waals surface area contributed by atoms with Crippen molar-refractivity contribution in [3.8, 4) is 5.75 Å². The van der Waals surface area contributed by atoms with E-state index < -0.39 is 41.5 Å². The maximum absolute atomic E-state index is 11.5. The smallest absolute Gasteiger partial charge is 0.311 e. The summed E-state index contributed by atoms with van der Waals surface area (Å²) in [5.74, 6) is -1.34. The van der Waals surface area contributed by atoms with Gasteiger partial charge in [0.05, 0.1) is 17.6 Å². The third-order valence-corrected chi connectivity index (χ3v) is 3.83. The molecule has 0 amide bonds. The van der Waals surface area contributed by atoms with Gasteiger partial charge in [-0.15, -0.1) is 0 Å². The van der Waals surface area contributed by atoms with E-state index in [1.54, 1.807) is 6.92 Å². The van der Waals surface area contributed by atoms with Gasteiger partial charge < -0.3 is 24.1 Å². The quantitative estimate of drug-likeness (QED) is 0.440. The zero-order valence-electron chi connectivity index (χ0n) is 15.1. The van der Waals surface area contributed by atoms with Crippen LogP contribution in [0.1, 0.15) is 32.8 Å². The van der Waals surface area contributed by atoms with Gasteiger partial charge in [0.25, 0.3) is 0 Å². The van der Waals surface area contributed by atoms with Gasteiger partial charge in [-0.25, -0.2) is 0 Å². The summed E-state index contributed by atoms with van der Waals surface area (Å²) in [6.07, 6.45) is -3.29. The molecule has 10 nitrogen and oxygen atoms in total. The first-order valence-corrected chi connectivity index (χ1v) is 8.26. The molecule has 1 aromatic rings. The van der Waals surface area contributed by atoms with Crippen LogP contribution in [-0.4, -0.2) is 46.6 Å². The number of aliphatic hydroxyl groups is 1. The van der Waals surface area contributed by atoms with Crippen LogP contribution in [0, 0.1) is 10.1 Å². The molecule has 27 heavy (non-hydrogen) atoms. The highest BCUT2D eigenvalue weighted by atomic mass is 16.7. The topological polar surface area (TPSA) is 134 Å². The molecule has 2 rings (SSSR count). The molecule has 0 spiro atoms. The van der Waals surface area contributed by atoms with Gasteiger partial charge in [0.15, 0.2) is 5.75 Å². The van der Waals surface area contributed by atoms with E-state index in [4.69, 9.17) is 24.1 Å². The Bertz CT molecular complexity index is 720. The first kappa shape index (κ1) is 20.6. The fourth-order valence-corrected chi connectivity index (χ4v) is 2.77. The molecule has 0 aliphatic carbocycles. The van der Waals surface area contributed by atoms with Crippen molar-refractivity contribution < 1.29 is 38.6 Å². The average molecular weight is 383 g/mol. The van der Waals surface area contributed by atoms with Gasteiger partial charge in [0.1, 0.15) is 6.10 Å². The standard InChI is InChI=1S/C17H21NO9/c1-9-6-15(25-10(2)20)16(26-11(3)21)17(24-9)27-14-5-4-12(8-19)7-13(14)18(22)23/h4-5,7,9,15-17,19H,6,8H2,1-3H3/t9?,15?,16-,17?/m1/s1. The fraction of sp³-hybridized carbons (Fsp3) is 0.529. The minimum absolute atomic E-state index is 0.130. The predicted octanol–water partition coefficient (Wildman–Crippen LogP) is 1.46. The lowest BCUT2D eigenvalue weighted by Gasteiger charge is -2.38. The number of nitro benzene ring substituents is 1. The molecule has 1 aromatic carbocycles. The van der Waals surface area contributed by atoms with Crippen LogP contribution in [0.2, 0.25) is 0 Å². The molecule has 1 aliphatic heterocycles. The zero-order valence-corrected chi connectivity index (χ0v) is 15.1. The Hall–Kier alpha value is -2.72. The number of nitrogens with zero attached hydrogens (tertiary/aromatic N) is 1. The molecule has 10 heteroatoms. The van der Waals surface area contributed by atoms with Crippen molar-refractivity contribution in [1.29, 1.82) is 0 Å². The van der Waals surface area contributed by atoms with Crippen molar-refractivity contribution in [1.82, 2.24) is 0 Å². The molecule has 1 fully saturated rings. The molecule has 1 N–H and O–H groups in total. The number of carbonyl (C=O) groups excluding carboxylic acids is 2. The van der Waals surface area contributed by atoms with Crippen LogP contribution in [0.5, 0.6) is 5.75 Å². The van der Waals surface area contributed by atoms with E-state index in [9.17, 15) is 19.7 Å². The summed E-state index contributed by atoms with van der Waals surface area (Å²) in [6.45, 7) is 3.74. The third-order valence-electron chi connectivity index (χ3n) is 3.83. The largest absolute Gasteiger partial charge is 0.458 e. The molecule has 1 heterocycles. The van der Waals surface area contributed by atoms with Gasteiger partial charge in [0.2, 0.25) is 12.4 Å². The Kier molecular flexibility index (Phi) is 6.70. The summed E-state index contributed by atoms with van der Waals surface area (Å²) in [7, 11) is 0. The minimum atomic E-state index is -1.22. The maximum atomic E-state index is 11.5. The Morgan fingerprint density at radius 1 is 1.30 bits per heavy atom. The van der Waals surface area contributed by atoms with Crippen molar-refractivity contribution in [2.45, 2.75) is 58.4 Å². The number of ether oxygens (including phenoxy) is 4. The number of carbonyl (C=O) groups is 2. The second-order valence-electron chi connectivity index (χ2n) is 6.11. The van der Waals surface area contributed by atoms with Gasteiger partial charge in [-0.2, -0.15) is 0 Å². The number of rotatable bonds is 6. The Morgan fingerprint density at radius 2 is 1.96 bits per heavy atom. The van der Waals surface area contributed by atoms with Crippen LogP contribution >= 0.6 is 0 Å². The second-order valence-corrected chi connectivity index (χ2v) is 6.11. The number of benzene rings is 1. The predicted molar refractivity (Wildman–Crippen MR) is 89.7 cm³/mol. The molecule has 1 saturated heterocycles. The van der Waals surface area contributed by atoms with Crippen LogP contribution in [-0.2, 0) is 30.4 Å². The van der Waals surface area contributed by atoms with E-state index in [1.165, 1.54) is 32.0 Å².